The topological polar surface area (TPSA) is 54.0 Å². The highest BCUT2D eigenvalue weighted by Gasteiger charge is 2.17. The molecule has 0 aliphatic carbocycles. The second-order valence-electron chi connectivity index (χ2n) is 8.31. The lowest BCUT2D eigenvalue weighted by molar-refractivity contribution is 0.251. The largest absolute Gasteiger partial charge is 0.337 e. The molecule has 4 aromatic rings. The summed E-state index contributed by atoms with van der Waals surface area (Å²) in [6.45, 7) is 2.82. The van der Waals surface area contributed by atoms with Gasteiger partial charge in [0.2, 0.25) is 0 Å². The number of pyridine rings is 1. The van der Waals surface area contributed by atoms with Crippen LogP contribution in [0.1, 0.15) is 44.1 Å². The fourth-order valence-electron chi connectivity index (χ4n) is 4.42. The van der Waals surface area contributed by atoms with Crippen molar-refractivity contribution in [1.29, 1.82) is 0 Å². The minimum atomic E-state index is -0.178. The number of unbranched alkanes of at least 4 members (excludes halogenated alkanes) is 2. The number of rotatable bonds is 9. The molecule has 0 saturated carbocycles. The summed E-state index contributed by atoms with van der Waals surface area (Å²) < 4.78 is 0. The molecule has 2 amide bonds. The molecule has 0 aliphatic heterocycles. The molecule has 170 valence electrons. The van der Waals surface area contributed by atoms with E-state index in [1.54, 1.807) is 18.0 Å². The quantitative estimate of drug-likeness (QED) is 0.201. The van der Waals surface area contributed by atoms with E-state index in [1.165, 1.54) is 29.2 Å². The van der Waals surface area contributed by atoms with Crippen molar-refractivity contribution in [2.75, 3.05) is 18.1 Å². The number of fused-ring (bicyclic) bond motifs is 2. The summed E-state index contributed by atoms with van der Waals surface area (Å²) in [4.78, 5) is 18.5. The van der Waals surface area contributed by atoms with E-state index in [0.29, 0.717) is 6.54 Å². The van der Waals surface area contributed by atoms with Gasteiger partial charge in [0.05, 0.1) is 11.2 Å². The Kier molecular flexibility index (Phi) is 7.84. The minimum Gasteiger partial charge on any atom is -0.337 e. The molecule has 5 heteroatoms. The molecule has 1 unspecified atom stereocenters. The Morgan fingerprint density at radius 3 is 2.64 bits per heavy atom. The van der Waals surface area contributed by atoms with Gasteiger partial charge < -0.3 is 10.6 Å². The number of thioether (sulfide) groups is 1. The van der Waals surface area contributed by atoms with Crippen molar-refractivity contribution in [1.82, 2.24) is 10.3 Å². The second kappa shape index (κ2) is 11.2. The fraction of sp³-hybridized carbons (Fsp3) is 0.286. The van der Waals surface area contributed by atoms with Gasteiger partial charge in [-0.25, -0.2) is 4.79 Å². The Morgan fingerprint density at radius 2 is 1.79 bits per heavy atom. The molecule has 2 N–H and O–H groups in total. The van der Waals surface area contributed by atoms with Crippen molar-refractivity contribution >= 4 is 45.2 Å². The maximum Gasteiger partial charge on any atom is 0.319 e. The summed E-state index contributed by atoms with van der Waals surface area (Å²) in [5, 5.41) is 9.73. The lowest BCUT2D eigenvalue weighted by Crippen LogP contribution is -2.32. The molecule has 0 aliphatic rings. The average Bonchev–Trinajstić information content (AvgIpc) is 2.86. The normalized spacial score (nSPS) is 12.1. The molecule has 1 aromatic heterocycles. The van der Waals surface area contributed by atoms with Gasteiger partial charge in [-0.2, -0.15) is 0 Å². The van der Waals surface area contributed by atoms with E-state index < -0.39 is 0 Å². The molecule has 0 bridgehead atoms. The summed E-state index contributed by atoms with van der Waals surface area (Å²) in [7, 11) is 0. The molecule has 0 radical (unpaired) electrons. The van der Waals surface area contributed by atoms with Crippen LogP contribution in [0.15, 0.2) is 77.8 Å². The lowest BCUT2D eigenvalue weighted by atomic mass is 9.89. The molecular weight excluding hydrogens is 426 g/mol. The first-order valence-corrected chi connectivity index (χ1v) is 12.9. The minimum absolute atomic E-state index is 0.178. The van der Waals surface area contributed by atoms with E-state index in [0.717, 1.165) is 34.3 Å². The van der Waals surface area contributed by atoms with Crippen LogP contribution < -0.4 is 10.6 Å². The number of urea groups is 1. The third-order valence-corrected chi connectivity index (χ3v) is 6.91. The Bertz CT molecular complexity index is 1230. The summed E-state index contributed by atoms with van der Waals surface area (Å²) in [5.74, 6) is 0.266. The molecule has 4 nitrogen and oxygen atoms in total. The number of benzene rings is 3. The average molecular weight is 458 g/mol. The molecular formula is C28H31N3OS. The van der Waals surface area contributed by atoms with Gasteiger partial charge in [0.1, 0.15) is 0 Å². The fourth-order valence-corrected chi connectivity index (χ4v) is 4.99. The first-order valence-electron chi connectivity index (χ1n) is 11.7. The summed E-state index contributed by atoms with van der Waals surface area (Å²) in [6, 6.07) is 22.7. The van der Waals surface area contributed by atoms with Crippen molar-refractivity contribution in [3.8, 4) is 0 Å². The van der Waals surface area contributed by atoms with Crippen LogP contribution in [-0.2, 0) is 0 Å². The van der Waals surface area contributed by atoms with Crippen LogP contribution in [-0.4, -0.2) is 23.8 Å². The standard InChI is InChI=1S/C28H31N3OS/c1-3-4-5-11-21(23-14-8-12-20-10-6-7-13-22(20)23)19-30-28(32)31-27-24-15-9-18-29-25(24)16-17-26(27)33-2/h6-10,12-18,21H,3-5,11,19H2,1-2H3,(H2,30,31,32). The molecule has 0 spiro atoms. The van der Waals surface area contributed by atoms with Gasteiger partial charge in [-0.05, 0) is 53.3 Å². The van der Waals surface area contributed by atoms with Gasteiger partial charge in [-0.1, -0.05) is 68.7 Å². The third-order valence-electron chi connectivity index (χ3n) is 6.13. The predicted octanol–water partition coefficient (Wildman–Crippen LogP) is 7.60. The molecule has 4 rings (SSSR count). The molecule has 0 fully saturated rings. The van der Waals surface area contributed by atoms with Gasteiger partial charge in [0, 0.05) is 28.9 Å². The second-order valence-corrected chi connectivity index (χ2v) is 9.16. The first kappa shape index (κ1) is 23.1. The molecule has 0 saturated heterocycles. The number of aromatic nitrogens is 1. The van der Waals surface area contributed by atoms with E-state index in [9.17, 15) is 4.79 Å². The summed E-state index contributed by atoms with van der Waals surface area (Å²) in [6.07, 6.45) is 8.38. The van der Waals surface area contributed by atoms with Crippen molar-refractivity contribution in [2.24, 2.45) is 0 Å². The number of nitrogens with one attached hydrogen (secondary N) is 2. The van der Waals surface area contributed by atoms with Crippen LogP contribution in [0, 0.1) is 0 Å². The zero-order valence-corrected chi connectivity index (χ0v) is 20.1. The predicted molar refractivity (Wildman–Crippen MR) is 141 cm³/mol. The van der Waals surface area contributed by atoms with Gasteiger partial charge in [-0.15, -0.1) is 11.8 Å². The van der Waals surface area contributed by atoms with Crippen LogP contribution in [0.2, 0.25) is 0 Å². The van der Waals surface area contributed by atoms with Crippen molar-refractivity contribution in [3.63, 3.8) is 0 Å². The molecule has 33 heavy (non-hydrogen) atoms. The van der Waals surface area contributed by atoms with Gasteiger partial charge in [0.15, 0.2) is 0 Å². The smallest absolute Gasteiger partial charge is 0.319 e. The van der Waals surface area contributed by atoms with Crippen molar-refractivity contribution in [3.05, 3.63) is 78.5 Å². The van der Waals surface area contributed by atoms with Crippen LogP contribution >= 0.6 is 11.8 Å². The van der Waals surface area contributed by atoms with Gasteiger partial charge >= 0.3 is 6.03 Å². The van der Waals surface area contributed by atoms with Crippen molar-refractivity contribution < 1.29 is 4.79 Å². The molecule has 3 aromatic carbocycles. The van der Waals surface area contributed by atoms with E-state index >= 15 is 0 Å². The maximum atomic E-state index is 13.0. The van der Waals surface area contributed by atoms with Gasteiger partial charge in [0.25, 0.3) is 0 Å². The first-order chi connectivity index (χ1) is 16.2. The number of hydrogen-bond donors (Lipinski definition) is 2. The number of nitrogens with zero attached hydrogens (tertiary/aromatic N) is 1. The Labute approximate surface area is 200 Å². The molecule has 1 heterocycles. The summed E-state index contributed by atoms with van der Waals surface area (Å²) >= 11 is 1.62. The van der Waals surface area contributed by atoms with E-state index in [1.807, 2.05) is 30.5 Å². The molecule has 1 atom stereocenters. The monoisotopic (exact) mass is 457 g/mol. The van der Waals surface area contributed by atoms with E-state index in [-0.39, 0.29) is 11.9 Å². The number of carbonyl (C=O) groups is 1. The number of amides is 2. The highest BCUT2D eigenvalue weighted by atomic mass is 32.2. The number of hydrogen-bond acceptors (Lipinski definition) is 3. The highest BCUT2D eigenvalue weighted by Crippen LogP contribution is 2.33. The van der Waals surface area contributed by atoms with Crippen LogP contribution in [0.5, 0.6) is 0 Å². The maximum absolute atomic E-state index is 13.0. The summed E-state index contributed by atoms with van der Waals surface area (Å²) in [5.41, 5.74) is 3.00. The highest BCUT2D eigenvalue weighted by molar-refractivity contribution is 7.98. The Hall–Kier alpha value is -3.05. The van der Waals surface area contributed by atoms with Crippen LogP contribution in [0.4, 0.5) is 10.5 Å². The third kappa shape index (κ3) is 5.48. The Balaban J connectivity index is 1.54. The Morgan fingerprint density at radius 1 is 0.970 bits per heavy atom. The van der Waals surface area contributed by atoms with Crippen LogP contribution in [0.3, 0.4) is 0 Å². The van der Waals surface area contributed by atoms with E-state index in [2.05, 4.69) is 65.0 Å². The lowest BCUT2D eigenvalue weighted by Gasteiger charge is -2.21. The van der Waals surface area contributed by atoms with Crippen molar-refractivity contribution in [2.45, 2.75) is 43.4 Å². The van der Waals surface area contributed by atoms with Gasteiger partial charge in [-0.3, -0.25) is 4.98 Å². The zero-order valence-electron chi connectivity index (χ0n) is 19.3. The van der Waals surface area contributed by atoms with Crippen LogP contribution in [0.25, 0.3) is 21.7 Å². The SMILES string of the molecule is CCCCCC(CNC(=O)Nc1c(SC)ccc2ncccc12)c1cccc2ccccc12. The zero-order chi connectivity index (χ0) is 23.0. The number of anilines is 1. The number of carbonyl (C=O) groups excluding carboxylic acids is 1. The van der Waals surface area contributed by atoms with E-state index in [4.69, 9.17) is 0 Å².